The number of hydrogen-bond acceptors (Lipinski definition) is 5. The summed E-state index contributed by atoms with van der Waals surface area (Å²) in [6.45, 7) is 6.02. The van der Waals surface area contributed by atoms with Gasteiger partial charge in [0.1, 0.15) is 12.2 Å². The molecule has 2 atom stereocenters. The average molecular weight is 458 g/mol. The molecule has 6 nitrogen and oxygen atoms in total. The fraction of sp³-hybridized carbons (Fsp3) is 0.321. The average Bonchev–Trinajstić information content (AvgIpc) is 2.84. The van der Waals surface area contributed by atoms with E-state index in [1.165, 1.54) is 0 Å². The predicted octanol–water partition coefficient (Wildman–Crippen LogP) is 5.74. The molecule has 1 aliphatic heterocycles. The largest absolute Gasteiger partial charge is 0.446 e. The van der Waals surface area contributed by atoms with Crippen molar-refractivity contribution in [2.24, 2.45) is 0 Å². The zero-order valence-electron chi connectivity index (χ0n) is 19.9. The van der Waals surface area contributed by atoms with Crippen LogP contribution in [0, 0.1) is 11.3 Å². The lowest BCUT2D eigenvalue weighted by Gasteiger charge is -2.37. The van der Waals surface area contributed by atoms with Crippen LogP contribution in [-0.2, 0) is 4.74 Å². The summed E-state index contributed by atoms with van der Waals surface area (Å²) in [6.07, 6.45) is 2.10. The van der Waals surface area contributed by atoms with E-state index in [9.17, 15) is 9.90 Å². The fourth-order valence-electron chi connectivity index (χ4n) is 3.82. The summed E-state index contributed by atoms with van der Waals surface area (Å²) in [6, 6.07) is 25.4. The number of cyclic esters (lactones) is 1. The molecule has 0 bridgehead atoms. The Hall–Kier alpha value is -3.69. The molecule has 176 valence electrons. The van der Waals surface area contributed by atoms with Crippen LogP contribution in [0.2, 0.25) is 0 Å². The second kappa shape index (κ2) is 11.4. The minimum absolute atomic E-state index is 0.112. The Balaban J connectivity index is 0.000000469. The highest BCUT2D eigenvalue weighted by atomic mass is 16.6. The number of pyridine rings is 1. The number of carbonyl (C=O) groups is 1. The summed E-state index contributed by atoms with van der Waals surface area (Å²) in [5.74, 6) is 0. The Bertz CT molecular complexity index is 1060. The molecule has 4 rings (SSSR count). The molecular formula is C28H31N3O3. The number of aromatic nitrogens is 1. The smallest absolute Gasteiger partial charge is 0.410 e. The first-order valence-corrected chi connectivity index (χ1v) is 11.4. The van der Waals surface area contributed by atoms with Crippen molar-refractivity contribution in [3.63, 3.8) is 0 Å². The van der Waals surface area contributed by atoms with Crippen LogP contribution >= 0.6 is 0 Å². The molecule has 0 aliphatic carbocycles. The lowest BCUT2D eigenvalue weighted by molar-refractivity contribution is -0.0309. The maximum Gasteiger partial charge on any atom is 0.410 e. The van der Waals surface area contributed by atoms with Gasteiger partial charge in [-0.2, -0.15) is 5.26 Å². The maximum atomic E-state index is 12.4. The van der Waals surface area contributed by atoms with Gasteiger partial charge in [-0.25, -0.2) is 4.79 Å². The summed E-state index contributed by atoms with van der Waals surface area (Å²) >= 11 is 0. The van der Waals surface area contributed by atoms with Gasteiger partial charge in [-0.3, -0.25) is 4.98 Å². The van der Waals surface area contributed by atoms with Crippen LogP contribution in [-0.4, -0.2) is 39.3 Å². The number of carbonyl (C=O) groups excluding carboxylic acids is 1. The summed E-state index contributed by atoms with van der Waals surface area (Å²) in [5.41, 5.74) is 2.43. The fourth-order valence-corrected chi connectivity index (χ4v) is 3.82. The number of amides is 1. The number of ether oxygens (including phenoxy) is 1. The minimum atomic E-state index is -0.853. The van der Waals surface area contributed by atoms with E-state index >= 15 is 0 Å². The molecular weight excluding hydrogens is 426 g/mol. The molecule has 2 aromatic carbocycles. The first kappa shape index (κ1) is 24.9. The molecule has 0 radical (unpaired) electrons. The number of nitrogens with zero attached hydrogens (tertiary/aromatic N) is 3. The van der Waals surface area contributed by atoms with E-state index in [4.69, 9.17) is 10.00 Å². The molecule has 1 amide bonds. The molecule has 0 spiro atoms. The van der Waals surface area contributed by atoms with Crippen LogP contribution in [0.5, 0.6) is 0 Å². The van der Waals surface area contributed by atoms with Gasteiger partial charge in [0.2, 0.25) is 0 Å². The zero-order chi connectivity index (χ0) is 24.6. The van der Waals surface area contributed by atoms with Crippen molar-refractivity contribution < 1.29 is 14.6 Å². The minimum Gasteiger partial charge on any atom is -0.446 e. The lowest BCUT2D eigenvalue weighted by atomic mass is 9.97. The second-order valence-electron chi connectivity index (χ2n) is 9.00. The van der Waals surface area contributed by atoms with Crippen molar-refractivity contribution in [3.05, 3.63) is 90.1 Å². The van der Waals surface area contributed by atoms with Crippen molar-refractivity contribution in [3.8, 4) is 17.3 Å². The normalized spacial score (nSPS) is 16.5. The number of rotatable bonds is 5. The third-order valence-corrected chi connectivity index (χ3v) is 5.64. The van der Waals surface area contributed by atoms with Crippen LogP contribution in [0.3, 0.4) is 0 Å². The molecule has 0 saturated carbocycles. The highest BCUT2D eigenvalue weighted by Gasteiger charge is 2.33. The molecule has 1 aromatic heterocycles. The Morgan fingerprint density at radius 1 is 1.12 bits per heavy atom. The first-order valence-electron chi connectivity index (χ1n) is 11.4. The van der Waals surface area contributed by atoms with Crippen LogP contribution in [0.15, 0.2) is 79.0 Å². The topological polar surface area (TPSA) is 86.5 Å². The molecule has 1 N–H and O–H groups in total. The van der Waals surface area contributed by atoms with Gasteiger partial charge in [-0.05, 0) is 38.5 Å². The Kier molecular flexibility index (Phi) is 8.39. The van der Waals surface area contributed by atoms with E-state index in [2.05, 4.69) is 11.1 Å². The summed E-state index contributed by atoms with van der Waals surface area (Å²) in [5, 5.41) is 18.8. The number of benzene rings is 2. The van der Waals surface area contributed by atoms with Crippen LogP contribution < -0.4 is 0 Å². The van der Waals surface area contributed by atoms with Gasteiger partial charge in [-0.1, -0.05) is 60.7 Å². The third-order valence-electron chi connectivity index (χ3n) is 5.64. The molecule has 6 heteroatoms. The van der Waals surface area contributed by atoms with E-state index < -0.39 is 5.60 Å². The molecule has 2 unspecified atom stereocenters. The van der Waals surface area contributed by atoms with Crippen molar-refractivity contribution in [1.29, 1.82) is 5.26 Å². The van der Waals surface area contributed by atoms with E-state index in [0.29, 0.717) is 24.9 Å². The van der Waals surface area contributed by atoms with E-state index in [1.54, 1.807) is 31.0 Å². The SMILES string of the molecule is CC(c1ccc(-c2ccc(C#N)cn2)cc1)N1CCC(CC(C)(C)O)OC1=O.c1ccccc1. The molecule has 2 heterocycles. The number of hydrogen-bond donors (Lipinski definition) is 1. The van der Waals surface area contributed by atoms with Gasteiger partial charge in [-0.15, -0.1) is 0 Å². The third kappa shape index (κ3) is 7.16. The predicted molar refractivity (Wildman–Crippen MR) is 132 cm³/mol. The summed E-state index contributed by atoms with van der Waals surface area (Å²) in [7, 11) is 0. The van der Waals surface area contributed by atoms with E-state index in [-0.39, 0.29) is 18.2 Å². The van der Waals surface area contributed by atoms with Crippen LogP contribution in [0.4, 0.5) is 4.79 Å². The molecule has 1 aliphatic rings. The maximum absolute atomic E-state index is 12.4. The van der Waals surface area contributed by atoms with E-state index in [1.807, 2.05) is 73.7 Å². The lowest BCUT2D eigenvalue weighted by Crippen LogP contribution is -2.45. The quantitative estimate of drug-likeness (QED) is 0.528. The Labute approximate surface area is 201 Å². The molecule has 1 saturated heterocycles. The van der Waals surface area contributed by atoms with Gasteiger partial charge < -0.3 is 14.7 Å². The number of aliphatic hydroxyl groups is 1. The highest BCUT2D eigenvalue weighted by Crippen LogP contribution is 2.29. The first-order chi connectivity index (χ1) is 16.3. The highest BCUT2D eigenvalue weighted by molar-refractivity contribution is 5.69. The van der Waals surface area contributed by atoms with Gasteiger partial charge in [0.25, 0.3) is 0 Å². The van der Waals surface area contributed by atoms with Gasteiger partial charge in [0, 0.05) is 31.1 Å². The molecule has 34 heavy (non-hydrogen) atoms. The standard InChI is InChI=1S/C22H25N3O3.C6H6/c1-15(25-11-10-19(28-21(25)26)12-22(2,3)27)17-5-7-18(8-6-17)20-9-4-16(13-23)14-24-20;1-2-4-6-5-3-1/h4-9,14-15,19,27H,10-12H2,1-3H3;1-6H. The van der Waals surface area contributed by atoms with Crippen molar-refractivity contribution in [1.82, 2.24) is 9.88 Å². The van der Waals surface area contributed by atoms with Crippen LogP contribution in [0.1, 0.15) is 50.8 Å². The van der Waals surface area contributed by atoms with Gasteiger partial charge in [0.15, 0.2) is 0 Å². The number of nitriles is 1. The Morgan fingerprint density at radius 2 is 1.74 bits per heavy atom. The van der Waals surface area contributed by atoms with Gasteiger partial charge >= 0.3 is 6.09 Å². The van der Waals surface area contributed by atoms with E-state index in [0.717, 1.165) is 16.8 Å². The zero-order valence-corrected chi connectivity index (χ0v) is 19.9. The van der Waals surface area contributed by atoms with Crippen molar-refractivity contribution in [2.45, 2.75) is 51.4 Å². The van der Waals surface area contributed by atoms with Crippen LogP contribution in [0.25, 0.3) is 11.3 Å². The van der Waals surface area contributed by atoms with Gasteiger partial charge in [0.05, 0.1) is 22.9 Å². The molecule has 1 fully saturated rings. The monoisotopic (exact) mass is 457 g/mol. The van der Waals surface area contributed by atoms with Crippen molar-refractivity contribution in [2.75, 3.05) is 6.54 Å². The molecule has 3 aromatic rings. The van der Waals surface area contributed by atoms with Crippen molar-refractivity contribution >= 4 is 6.09 Å². The summed E-state index contributed by atoms with van der Waals surface area (Å²) < 4.78 is 5.52. The second-order valence-corrected chi connectivity index (χ2v) is 9.00. The summed E-state index contributed by atoms with van der Waals surface area (Å²) in [4.78, 5) is 18.5. The Morgan fingerprint density at radius 3 is 2.21 bits per heavy atom.